The Kier molecular flexibility index (Phi) is 7.52. The molecule has 3 aromatic carbocycles. The van der Waals surface area contributed by atoms with Crippen molar-refractivity contribution in [3.8, 4) is 17.2 Å². The number of hydrogen-bond acceptors (Lipinski definition) is 6. The Morgan fingerprint density at radius 1 is 0.844 bits per heavy atom. The molecule has 0 fully saturated rings. The first kappa shape index (κ1) is 23.7. The van der Waals surface area contributed by atoms with Crippen LogP contribution >= 0.6 is 31.0 Å². The SMILES string of the molecule is COc1cc(OC)c(C(=O)[P+](=O)c2c(Cl)ccc(C(=O)c3ccccc3)c2Cl)c(OC)c1. The summed E-state index contributed by atoms with van der Waals surface area (Å²) in [4.78, 5) is 26.2. The first-order chi connectivity index (χ1) is 15.3. The van der Waals surface area contributed by atoms with E-state index in [1.54, 1.807) is 30.3 Å². The fourth-order valence-electron chi connectivity index (χ4n) is 3.07. The van der Waals surface area contributed by atoms with E-state index in [9.17, 15) is 14.2 Å². The van der Waals surface area contributed by atoms with Gasteiger partial charge in [0.15, 0.2) is 11.3 Å². The zero-order valence-corrected chi connectivity index (χ0v) is 19.8. The molecule has 0 aliphatic carbocycles. The van der Waals surface area contributed by atoms with Crippen molar-refractivity contribution in [2.24, 2.45) is 0 Å². The maximum Gasteiger partial charge on any atom is 0.462 e. The second-order valence-electron chi connectivity index (χ2n) is 6.46. The molecular weight excluding hydrogens is 474 g/mol. The van der Waals surface area contributed by atoms with Crippen LogP contribution in [0.4, 0.5) is 0 Å². The molecule has 0 saturated carbocycles. The Morgan fingerprint density at radius 2 is 1.44 bits per heavy atom. The van der Waals surface area contributed by atoms with Gasteiger partial charge in [-0.15, -0.1) is 0 Å². The molecule has 0 aliphatic heterocycles. The average Bonchev–Trinajstić information content (AvgIpc) is 2.82. The molecule has 1 atom stereocenters. The van der Waals surface area contributed by atoms with E-state index in [-0.39, 0.29) is 43.8 Å². The topological polar surface area (TPSA) is 78.9 Å². The van der Waals surface area contributed by atoms with E-state index in [2.05, 4.69) is 0 Å². The van der Waals surface area contributed by atoms with E-state index in [1.165, 1.54) is 45.6 Å². The Balaban J connectivity index is 2.11. The van der Waals surface area contributed by atoms with Crippen LogP contribution in [0.2, 0.25) is 10.0 Å². The van der Waals surface area contributed by atoms with Crippen molar-refractivity contribution in [2.45, 2.75) is 0 Å². The van der Waals surface area contributed by atoms with Gasteiger partial charge >= 0.3 is 13.3 Å². The first-order valence-corrected chi connectivity index (χ1v) is 11.2. The standard InChI is InChI=1S/C23H18Cl2O6P/c1-29-14-11-17(30-2)19(18(12-14)31-3)23(27)32(28)22-16(24)10-9-15(20(22)25)21(26)13-7-5-4-6-8-13/h4-12H,1-3H3/q+1. The molecule has 0 bridgehead atoms. The molecule has 0 saturated heterocycles. The van der Waals surface area contributed by atoms with Crippen molar-refractivity contribution in [1.82, 2.24) is 0 Å². The first-order valence-electron chi connectivity index (χ1n) is 9.23. The monoisotopic (exact) mass is 491 g/mol. The van der Waals surface area contributed by atoms with Crippen LogP contribution in [-0.2, 0) is 4.57 Å². The molecule has 9 heteroatoms. The number of benzene rings is 3. The van der Waals surface area contributed by atoms with E-state index in [4.69, 9.17) is 37.4 Å². The van der Waals surface area contributed by atoms with E-state index in [1.807, 2.05) is 0 Å². The third-order valence-electron chi connectivity index (χ3n) is 4.66. The average molecular weight is 492 g/mol. The number of carbonyl (C=O) groups is 2. The van der Waals surface area contributed by atoms with Gasteiger partial charge in [0.05, 0.1) is 26.4 Å². The lowest BCUT2D eigenvalue weighted by Crippen LogP contribution is -2.13. The van der Waals surface area contributed by atoms with Crippen molar-refractivity contribution < 1.29 is 28.4 Å². The molecule has 0 amide bonds. The molecule has 0 aromatic heterocycles. The van der Waals surface area contributed by atoms with Crippen LogP contribution in [0.1, 0.15) is 26.3 Å². The van der Waals surface area contributed by atoms with Crippen LogP contribution in [0.3, 0.4) is 0 Å². The Hall–Kier alpha value is -2.92. The summed E-state index contributed by atoms with van der Waals surface area (Å²) in [7, 11) is 1.34. The minimum atomic E-state index is -2.83. The molecule has 0 heterocycles. The van der Waals surface area contributed by atoms with Gasteiger partial charge in [-0.2, -0.15) is 0 Å². The zero-order valence-electron chi connectivity index (χ0n) is 17.3. The van der Waals surface area contributed by atoms with Gasteiger partial charge in [0.25, 0.3) is 0 Å². The summed E-state index contributed by atoms with van der Waals surface area (Å²) in [6.07, 6.45) is 0. The minimum Gasteiger partial charge on any atom is -0.496 e. The van der Waals surface area contributed by atoms with Gasteiger partial charge in [-0.3, -0.25) is 4.79 Å². The lowest BCUT2D eigenvalue weighted by atomic mass is 10.0. The summed E-state index contributed by atoms with van der Waals surface area (Å²) in [5.41, 5.74) is -0.391. The summed E-state index contributed by atoms with van der Waals surface area (Å²) in [5.74, 6) is 0.220. The lowest BCUT2D eigenvalue weighted by molar-refractivity contribution is 0.103. The third-order valence-corrected chi connectivity index (χ3v) is 7.10. The van der Waals surface area contributed by atoms with Gasteiger partial charge in [-0.05, 0) is 12.1 Å². The molecule has 0 aliphatic rings. The van der Waals surface area contributed by atoms with Gasteiger partial charge in [-0.1, -0.05) is 58.1 Å². The number of methoxy groups -OCH3 is 3. The normalized spacial score (nSPS) is 11.0. The van der Waals surface area contributed by atoms with E-state index in [0.717, 1.165) is 0 Å². The Labute approximate surface area is 195 Å². The summed E-state index contributed by atoms with van der Waals surface area (Å²) in [6, 6.07) is 14.2. The highest BCUT2D eigenvalue weighted by atomic mass is 35.5. The third kappa shape index (κ3) is 4.49. The van der Waals surface area contributed by atoms with Gasteiger partial charge in [-0.25, -0.2) is 4.79 Å². The summed E-state index contributed by atoms with van der Waals surface area (Å²) in [6.45, 7) is 0. The van der Waals surface area contributed by atoms with Crippen molar-refractivity contribution >= 4 is 47.6 Å². The smallest absolute Gasteiger partial charge is 0.462 e. The van der Waals surface area contributed by atoms with Crippen LogP contribution < -0.4 is 19.5 Å². The van der Waals surface area contributed by atoms with Crippen LogP contribution in [0.25, 0.3) is 0 Å². The minimum absolute atomic E-state index is 0.000480. The second-order valence-corrected chi connectivity index (χ2v) is 8.69. The number of halogens is 2. The number of rotatable bonds is 8. The molecule has 6 nitrogen and oxygen atoms in total. The molecule has 0 N–H and O–H groups in total. The van der Waals surface area contributed by atoms with E-state index >= 15 is 0 Å². The second kappa shape index (κ2) is 10.1. The summed E-state index contributed by atoms with van der Waals surface area (Å²) < 4.78 is 29.1. The van der Waals surface area contributed by atoms with Gasteiger partial charge in [0.2, 0.25) is 5.30 Å². The molecule has 3 rings (SSSR count). The van der Waals surface area contributed by atoms with Crippen molar-refractivity contribution in [2.75, 3.05) is 21.3 Å². The Morgan fingerprint density at radius 3 is 1.97 bits per heavy atom. The van der Waals surface area contributed by atoms with Crippen LogP contribution in [0.15, 0.2) is 54.6 Å². The number of ketones is 1. The van der Waals surface area contributed by atoms with Crippen LogP contribution in [0, 0.1) is 0 Å². The Bertz CT molecular complexity index is 1190. The van der Waals surface area contributed by atoms with E-state index < -0.39 is 13.3 Å². The molecular formula is C23H18Cl2O6P+. The van der Waals surface area contributed by atoms with Crippen molar-refractivity contribution in [3.05, 3.63) is 81.3 Å². The zero-order chi connectivity index (χ0) is 23.4. The molecule has 3 aromatic rings. The molecule has 1 unspecified atom stereocenters. The lowest BCUT2D eigenvalue weighted by Gasteiger charge is -2.11. The van der Waals surface area contributed by atoms with Gasteiger partial charge < -0.3 is 14.2 Å². The van der Waals surface area contributed by atoms with Gasteiger partial charge in [0, 0.05) is 23.3 Å². The fourth-order valence-corrected chi connectivity index (χ4v) is 5.18. The van der Waals surface area contributed by atoms with E-state index in [0.29, 0.717) is 11.3 Å². The highest BCUT2D eigenvalue weighted by molar-refractivity contribution is 7.72. The van der Waals surface area contributed by atoms with Crippen LogP contribution in [0.5, 0.6) is 17.2 Å². The largest absolute Gasteiger partial charge is 0.496 e. The van der Waals surface area contributed by atoms with Crippen LogP contribution in [-0.4, -0.2) is 32.6 Å². The maximum atomic E-state index is 13.4. The quantitative estimate of drug-likeness (QED) is 0.304. The number of hydrogen-bond donors (Lipinski definition) is 0. The molecule has 32 heavy (non-hydrogen) atoms. The predicted molar refractivity (Wildman–Crippen MR) is 124 cm³/mol. The van der Waals surface area contributed by atoms with Crippen molar-refractivity contribution in [1.29, 1.82) is 0 Å². The maximum absolute atomic E-state index is 13.4. The van der Waals surface area contributed by atoms with Gasteiger partial charge in [0.1, 0.15) is 22.3 Å². The molecule has 0 radical (unpaired) electrons. The fraction of sp³-hybridized carbons (Fsp3) is 0.130. The number of ether oxygens (including phenoxy) is 3. The number of carbonyl (C=O) groups excluding carboxylic acids is 2. The highest BCUT2D eigenvalue weighted by Gasteiger charge is 2.42. The highest BCUT2D eigenvalue weighted by Crippen LogP contribution is 2.42. The summed E-state index contributed by atoms with van der Waals surface area (Å²) in [5, 5.41) is -0.275. The summed E-state index contributed by atoms with van der Waals surface area (Å²) >= 11 is 12.7. The van der Waals surface area contributed by atoms with Crippen molar-refractivity contribution in [3.63, 3.8) is 0 Å². The molecule has 164 valence electrons. The molecule has 0 spiro atoms. The predicted octanol–water partition coefficient (Wildman–Crippen LogP) is 5.54.